The summed E-state index contributed by atoms with van der Waals surface area (Å²) in [6.07, 6.45) is 1.59. The Bertz CT molecular complexity index is 636. The lowest BCUT2D eigenvalue weighted by atomic mass is 10.1. The van der Waals surface area contributed by atoms with E-state index in [2.05, 4.69) is 4.98 Å². The van der Waals surface area contributed by atoms with Gasteiger partial charge in [0, 0.05) is 12.6 Å². The third-order valence-electron chi connectivity index (χ3n) is 2.67. The number of carbonyl (C=O) groups excluding carboxylic acids is 1. The van der Waals surface area contributed by atoms with Gasteiger partial charge in [-0.25, -0.2) is 4.98 Å². The molecule has 0 fully saturated rings. The van der Waals surface area contributed by atoms with E-state index in [1.54, 1.807) is 24.2 Å². The van der Waals surface area contributed by atoms with Crippen molar-refractivity contribution in [3.63, 3.8) is 0 Å². The normalized spacial score (nSPS) is 10.2. The number of nitrogens with zero attached hydrogens (tertiary/aromatic N) is 2. The molecule has 4 nitrogen and oxygen atoms in total. The number of thiocarbonyl (C=S) groups is 1. The fraction of sp³-hybridized carbons (Fsp3) is 0.154. The average Bonchev–Trinajstić information content (AvgIpc) is 2.83. The molecule has 98 valence electrons. The Morgan fingerprint density at radius 3 is 2.68 bits per heavy atom. The van der Waals surface area contributed by atoms with Crippen LogP contribution in [0.25, 0.3) is 0 Å². The minimum Gasteiger partial charge on any atom is -0.389 e. The second-order valence-corrected chi connectivity index (χ2v) is 5.66. The minimum atomic E-state index is -0.116. The number of para-hydroxylation sites is 1. The molecule has 1 amide bonds. The number of hydrogen-bond donors (Lipinski definition) is 1. The summed E-state index contributed by atoms with van der Waals surface area (Å²) < 4.78 is 0. The predicted octanol–water partition coefficient (Wildman–Crippen LogP) is 2.36. The van der Waals surface area contributed by atoms with Crippen LogP contribution in [0.3, 0.4) is 0 Å². The Labute approximate surface area is 120 Å². The van der Waals surface area contributed by atoms with Crippen LogP contribution in [0.2, 0.25) is 0 Å². The molecular formula is C13H13N3OS2. The Morgan fingerprint density at radius 1 is 1.42 bits per heavy atom. The maximum Gasteiger partial charge on any atom is 0.269 e. The van der Waals surface area contributed by atoms with Crippen LogP contribution in [0.5, 0.6) is 0 Å². The van der Waals surface area contributed by atoms with E-state index in [0.717, 1.165) is 5.01 Å². The number of hydrogen-bond acceptors (Lipinski definition) is 4. The van der Waals surface area contributed by atoms with E-state index in [0.29, 0.717) is 16.1 Å². The molecule has 0 aliphatic heterocycles. The fourth-order valence-corrected chi connectivity index (χ4v) is 2.64. The molecule has 2 rings (SSSR count). The van der Waals surface area contributed by atoms with E-state index in [-0.39, 0.29) is 10.9 Å². The molecule has 0 bridgehead atoms. The van der Waals surface area contributed by atoms with Crippen LogP contribution in [-0.4, -0.2) is 22.9 Å². The maximum atomic E-state index is 12.3. The van der Waals surface area contributed by atoms with Gasteiger partial charge in [0.25, 0.3) is 5.91 Å². The number of anilines is 1. The lowest BCUT2D eigenvalue weighted by Crippen LogP contribution is -2.28. The highest BCUT2D eigenvalue weighted by molar-refractivity contribution is 7.80. The zero-order chi connectivity index (χ0) is 14.0. The van der Waals surface area contributed by atoms with E-state index in [9.17, 15) is 4.79 Å². The van der Waals surface area contributed by atoms with E-state index >= 15 is 0 Å². The molecule has 19 heavy (non-hydrogen) atoms. The fourth-order valence-electron chi connectivity index (χ4n) is 1.71. The highest BCUT2D eigenvalue weighted by Crippen LogP contribution is 2.22. The summed E-state index contributed by atoms with van der Waals surface area (Å²) in [6.45, 7) is 1.87. The van der Waals surface area contributed by atoms with Crippen LogP contribution in [0.4, 0.5) is 5.69 Å². The first-order valence-corrected chi connectivity index (χ1v) is 6.82. The molecule has 6 heteroatoms. The molecule has 2 aromatic rings. The van der Waals surface area contributed by atoms with E-state index in [4.69, 9.17) is 18.0 Å². The van der Waals surface area contributed by atoms with Gasteiger partial charge < -0.3 is 10.6 Å². The predicted molar refractivity (Wildman–Crippen MR) is 81.9 cm³/mol. The number of amides is 1. The maximum absolute atomic E-state index is 12.3. The number of thiazole rings is 1. The minimum absolute atomic E-state index is 0.116. The smallest absolute Gasteiger partial charge is 0.269 e. The van der Waals surface area contributed by atoms with Gasteiger partial charge in [-0.05, 0) is 19.1 Å². The van der Waals surface area contributed by atoms with Crippen molar-refractivity contribution in [2.45, 2.75) is 6.92 Å². The number of aromatic nitrogens is 1. The molecule has 2 N–H and O–H groups in total. The summed E-state index contributed by atoms with van der Waals surface area (Å²) in [5.74, 6) is -0.116. The molecule has 0 unspecified atom stereocenters. The van der Waals surface area contributed by atoms with Crippen molar-refractivity contribution in [2.24, 2.45) is 5.73 Å². The number of benzene rings is 1. The van der Waals surface area contributed by atoms with Gasteiger partial charge >= 0.3 is 0 Å². The van der Waals surface area contributed by atoms with Crippen molar-refractivity contribution >= 4 is 40.1 Å². The third-order valence-corrected chi connectivity index (χ3v) is 3.79. The Kier molecular flexibility index (Phi) is 3.92. The van der Waals surface area contributed by atoms with Crippen LogP contribution in [0.15, 0.2) is 30.5 Å². The Hall–Kier alpha value is -1.79. The summed E-state index contributed by atoms with van der Waals surface area (Å²) in [5.41, 5.74) is 7.07. The summed E-state index contributed by atoms with van der Waals surface area (Å²) in [7, 11) is 1.70. The number of rotatable bonds is 3. The highest BCUT2D eigenvalue weighted by Gasteiger charge is 2.18. The second kappa shape index (κ2) is 5.46. The standard InChI is InChI=1S/C13H13N3OS2/c1-8-15-7-11(19-8)13(17)16(2)10-6-4-3-5-9(10)12(14)18/h3-7H,1-2H3,(H2,14,18). The molecule has 0 aliphatic rings. The molecule has 1 heterocycles. The van der Waals surface area contributed by atoms with Crippen LogP contribution >= 0.6 is 23.6 Å². The second-order valence-electron chi connectivity index (χ2n) is 3.99. The first-order valence-electron chi connectivity index (χ1n) is 5.60. The molecule has 0 aliphatic carbocycles. The van der Waals surface area contributed by atoms with Gasteiger partial charge in [0.15, 0.2) is 0 Å². The molecular weight excluding hydrogens is 278 g/mol. The van der Waals surface area contributed by atoms with Crippen molar-refractivity contribution < 1.29 is 4.79 Å². The van der Waals surface area contributed by atoms with Crippen LogP contribution in [0.1, 0.15) is 20.2 Å². The lowest BCUT2D eigenvalue weighted by Gasteiger charge is -2.19. The molecule has 0 saturated carbocycles. The van der Waals surface area contributed by atoms with Crippen molar-refractivity contribution in [3.8, 4) is 0 Å². The van der Waals surface area contributed by atoms with Crippen LogP contribution in [-0.2, 0) is 0 Å². The molecule has 1 aromatic heterocycles. The quantitative estimate of drug-likeness (QED) is 0.882. The first-order chi connectivity index (χ1) is 9.00. The van der Waals surface area contributed by atoms with Crippen molar-refractivity contribution in [2.75, 3.05) is 11.9 Å². The number of aryl methyl sites for hydroxylation is 1. The summed E-state index contributed by atoms with van der Waals surface area (Å²) in [6, 6.07) is 7.31. The van der Waals surface area contributed by atoms with Crippen molar-refractivity contribution in [3.05, 3.63) is 45.9 Å². The van der Waals surface area contributed by atoms with Gasteiger partial charge in [-0.2, -0.15) is 0 Å². The number of carbonyl (C=O) groups is 1. The van der Waals surface area contributed by atoms with Gasteiger partial charge in [-0.15, -0.1) is 11.3 Å². The van der Waals surface area contributed by atoms with Gasteiger partial charge in [-0.3, -0.25) is 4.79 Å². The van der Waals surface area contributed by atoms with E-state index in [1.165, 1.54) is 11.3 Å². The average molecular weight is 291 g/mol. The zero-order valence-electron chi connectivity index (χ0n) is 10.6. The van der Waals surface area contributed by atoms with Crippen LogP contribution in [0, 0.1) is 6.92 Å². The van der Waals surface area contributed by atoms with E-state index in [1.807, 2.05) is 25.1 Å². The Morgan fingerprint density at radius 2 is 2.11 bits per heavy atom. The molecule has 0 saturated heterocycles. The molecule has 0 spiro atoms. The first kappa shape index (κ1) is 13.6. The summed E-state index contributed by atoms with van der Waals surface area (Å²) >= 11 is 6.37. The molecule has 1 aromatic carbocycles. The lowest BCUT2D eigenvalue weighted by molar-refractivity contribution is 0.0996. The highest BCUT2D eigenvalue weighted by atomic mass is 32.1. The Balaban J connectivity index is 2.37. The molecule has 0 atom stereocenters. The number of nitrogens with two attached hydrogens (primary N) is 1. The summed E-state index contributed by atoms with van der Waals surface area (Å²) in [5, 5.41) is 0.861. The van der Waals surface area contributed by atoms with Crippen molar-refractivity contribution in [1.29, 1.82) is 0 Å². The van der Waals surface area contributed by atoms with Gasteiger partial charge in [0.1, 0.15) is 9.87 Å². The van der Waals surface area contributed by atoms with Gasteiger partial charge in [-0.1, -0.05) is 24.4 Å². The SMILES string of the molecule is Cc1ncc(C(=O)N(C)c2ccccc2C(N)=S)s1. The van der Waals surface area contributed by atoms with Crippen LogP contribution < -0.4 is 10.6 Å². The topological polar surface area (TPSA) is 59.2 Å². The molecule has 0 radical (unpaired) electrons. The zero-order valence-corrected chi connectivity index (χ0v) is 12.2. The monoisotopic (exact) mass is 291 g/mol. The van der Waals surface area contributed by atoms with E-state index < -0.39 is 0 Å². The third kappa shape index (κ3) is 2.80. The van der Waals surface area contributed by atoms with Gasteiger partial charge in [0.2, 0.25) is 0 Å². The van der Waals surface area contributed by atoms with Gasteiger partial charge in [0.05, 0.1) is 16.9 Å². The largest absolute Gasteiger partial charge is 0.389 e. The van der Waals surface area contributed by atoms with Crippen molar-refractivity contribution in [1.82, 2.24) is 4.98 Å². The summed E-state index contributed by atoms with van der Waals surface area (Å²) in [4.78, 5) is 18.8.